The van der Waals surface area contributed by atoms with E-state index in [0.29, 0.717) is 12.1 Å². The normalized spacial score (nSPS) is 12.2. The van der Waals surface area contributed by atoms with Gasteiger partial charge in [0.1, 0.15) is 11.6 Å². The van der Waals surface area contributed by atoms with Crippen LogP contribution in [0.15, 0.2) is 42.5 Å². The number of halogens is 2. The van der Waals surface area contributed by atoms with Crippen molar-refractivity contribution in [3.63, 3.8) is 0 Å². The average molecular weight is 294 g/mol. The lowest BCUT2D eigenvalue weighted by Gasteiger charge is -2.17. The first-order chi connectivity index (χ1) is 9.63. The van der Waals surface area contributed by atoms with Gasteiger partial charge in [-0.15, -0.1) is 0 Å². The minimum absolute atomic E-state index is 0.0459. The van der Waals surface area contributed by atoms with E-state index in [9.17, 15) is 4.39 Å². The maximum atomic E-state index is 13.8. The van der Waals surface area contributed by atoms with Crippen molar-refractivity contribution in [1.82, 2.24) is 5.32 Å². The molecule has 2 aromatic rings. The molecule has 106 valence electrons. The molecule has 0 fully saturated rings. The van der Waals surface area contributed by atoms with Crippen molar-refractivity contribution < 1.29 is 9.13 Å². The fourth-order valence-corrected chi connectivity index (χ4v) is 2.28. The molecule has 0 saturated carbocycles. The first kappa shape index (κ1) is 14.8. The van der Waals surface area contributed by atoms with Gasteiger partial charge in [-0.3, -0.25) is 0 Å². The van der Waals surface area contributed by atoms with Crippen molar-refractivity contribution in [1.29, 1.82) is 0 Å². The summed E-state index contributed by atoms with van der Waals surface area (Å²) in [6.45, 7) is 2.42. The first-order valence-corrected chi connectivity index (χ1v) is 6.80. The topological polar surface area (TPSA) is 21.3 Å². The van der Waals surface area contributed by atoms with Gasteiger partial charge < -0.3 is 10.1 Å². The summed E-state index contributed by atoms with van der Waals surface area (Å²) in [7, 11) is 1.64. The van der Waals surface area contributed by atoms with Crippen LogP contribution in [-0.4, -0.2) is 7.11 Å². The van der Waals surface area contributed by atoms with Crippen LogP contribution in [0.4, 0.5) is 4.39 Å². The van der Waals surface area contributed by atoms with Crippen LogP contribution in [0.5, 0.6) is 5.75 Å². The second-order valence-electron chi connectivity index (χ2n) is 4.56. The Balaban J connectivity index is 2.09. The van der Waals surface area contributed by atoms with Crippen LogP contribution in [0.25, 0.3) is 0 Å². The van der Waals surface area contributed by atoms with Gasteiger partial charge in [0.05, 0.1) is 12.1 Å². The monoisotopic (exact) mass is 293 g/mol. The zero-order valence-corrected chi connectivity index (χ0v) is 12.2. The third-order valence-corrected chi connectivity index (χ3v) is 3.53. The maximum absolute atomic E-state index is 13.8. The lowest BCUT2D eigenvalue weighted by atomic mass is 10.1. The SMILES string of the molecule is COc1ccccc1[C@H](C)NCc1cccc(Cl)c1F. The van der Waals surface area contributed by atoms with Crippen molar-refractivity contribution in [3.05, 3.63) is 64.4 Å². The highest BCUT2D eigenvalue weighted by atomic mass is 35.5. The van der Waals surface area contributed by atoms with Gasteiger partial charge in [-0.05, 0) is 19.1 Å². The van der Waals surface area contributed by atoms with Crippen LogP contribution in [0.1, 0.15) is 24.1 Å². The van der Waals surface area contributed by atoms with Gasteiger partial charge in [-0.25, -0.2) is 4.39 Å². The number of para-hydroxylation sites is 1. The lowest BCUT2D eigenvalue weighted by molar-refractivity contribution is 0.401. The number of hydrogen-bond donors (Lipinski definition) is 1. The molecule has 2 rings (SSSR count). The summed E-state index contributed by atoms with van der Waals surface area (Å²) in [5, 5.41) is 3.43. The highest BCUT2D eigenvalue weighted by Gasteiger charge is 2.12. The van der Waals surface area contributed by atoms with E-state index in [4.69, 9.17) is 16.3 Å². The molecule has 2 nitrogen and oxygen atoms in total. The second kappa shape index (κ2) is 6.73. The van der Waals surface area contributed by atoms with Gasteiger partial charge in [0.25, 0.3) is 0 Å². The molecule has 0 aliphatic heterocycles. The summed E-state index contributed by atoms with van der Waals surface area (Å²) >= 11 is 5.77. The van der Waals surface area contributed by atoms with Gasteiger partial charge in [0, 0.05) is 23.7 Å². The number of benzene rings is 2. The zero-order valence-electron chi connectivity index (χ0n) is 11.5. The predicted octanol–water partition coefficient (Wildman–Crippen LogP) is 4.34. The van der Waals surface area contributed by atoms with E-state index in [0.717, 1.165) is 11.3 Å². The third-order valence-electron chi connectivity index (χ3n) is 3.24. The summed E-state index contributed by atoms with van der Waals surface area (Å²) in [6.07, 6.45) is 0. The van der Waals surface area contributed by atoms with Crippen molar-refractivity contribution in [2.24, 2.45) is 0 Å². The molecule has 1 N–H and O–H groups in total. The Bertz CT molecular complexity index is 588. The number of nitrogens with one attached hydrogen (secondary N) is 1. The van der Waals surface area contributed by atoms with E-state index < -0.39 is 0 Å². The van der Waals surface area contributed by atoms with Crippen LogP contribution in [0.3, 0.4) is 0 Å². The van der Waals surface area contributed by atoms with Crippen LogP contribution in [0.2, 0.25) is 5.02 Å². The van der Waals surface area contributed by atoms with Crippen LogP contribution in [0, 0.1) is 5.82 Å². The molecule has 0 aliphatic carbocycles. The van der Waals surface area contributed by atoms with Crippen LogP contribution < -0.4 is 10.1 Å². The van der Waals surface area contributed by atoms with Crippen molar-refractivity contribution in [2.45, 2.75) is 19.5 Å². The largest absolute Gasteiger partial charge is 0.496 e. The lowest BCUT2D eigenvalue weighted by Crippen LogP contribution is -2.19. The molecule has 0 radical (unpaired) electrons. The van der Waals surface area contributed by atoms with Gasteiger partial charge in [-0.1, -0.05) is 41.9 Å². The van der Waals surface area contributed by atoms with E-state index in [1.807, 2.05) is 31.2 Å². The Morgan fingerprint density at radius 3 is 2.70 bits per heavy atom. The molecule has 0 heterocycles. The molecule has 0 amide bonds. The fourth-order valence-electron chi connectivity index (χ4n) is 2.08. The van der Waals surface area contributed by atoms with Gasteiger partial charge in [0.2, 0.25) is 0 Å². The number of rotatable bonds is 5. The number of methoxy groups -OCH3 is 1. The molecule has 1 atom stereocenters. The van der Waals surface area contributed by atoms with Crippen molar-refractivity contribution >= 4 is 11.6 Å². The smallest absolute Gasteiger partial charge is 0.146 e. The van der Waals surface area contributed by atoms with E-state index in [-0.39, 0.29) is 16.9 Å². The van der Waals surface area contributed by atoms with Crippen molar-refractivity contribution in [3.8, 4) is 5.75 Å². The Morgan fingerprint density at radius 1 is 1.20 bits per heavy atom. The molecule has 0 unspecified atom stereocenters. The van der Waals surface area contributed by atoms with E-state index in [1.54, 1.807) is 25.3 Å². The Kier molecular flexibility index (Phi) is 4.99. The molecular weight excluding hydrogens is 277 g/mol. The quantitative estimate of drug-likeness (QED) is 0.885. The highest BCUT2D eigenvalue weighted by Crippen LogP contribution is 2.25. The maximum Gasteiger partial charge on any atom is 0.146 e. The number of hydrogen-bond acceptors (Lipinski definition) is 2. The molecule has 2 aromatic carbocycles. The molecule has 0 spiro atoms. The summed E-state index contributed by atoms with van der Waals surface area (Å²) < 4.78 is 19.1. The third kappa shape index (κ3) is 3.30. The minimum atomic E-state index is -0.367. The predicted molar refractivity (Wildman–Crippen MR) is 79.7 cm³/mol. The molecule has 20 heavy (non-hydrogen) atoms. The summed E-state index contributed by atoms with van der Waals surface area (Å²) in [4.78, 5) is 0. The standard InChI is InChI=1S/C16H17ClFNO/c1-11(13-7-3-4-9-15(13)20-2)19-10-12-6-5-8-14(17)16(12)18/h3-9,11,19H,10H2,1-2H3/t11-/m0/s1. The van der Waals surface area contributed by atoms with E-state index in [1.165, 1.54) is 0 Å². The average Bonchev–Trinajstić information content (AvgIpc) is 2.48. The van der Waals surface area contributed by atoms with E-state index >= 15 is 0 Å². The van der Waals surface area contributed by atoms with Gasteiger partial charge in [0.15, 0.2) is 0 Å². The zero-order chi connectivity index (χ0) is 14.5. The first-order valence-electron chi connectivity index (χ1n) is 6.42. The van der Waals surface area contributed by atoms with Crippen LogP contribution >= 0.6 is 11.6 Å². The van der Waals surface area contributed by atoms with Crippen LogP contribution in [-0.2, 0) is 6.54 Å². The van der Waals surface area contributed by atoms with E-state index in [2.05, 4.69) is 5.32 Å². The summed E-state index contributed by atoms with van der Waals surface area (Å²) in [5.41, 5.74) is 1.59. The molecule has 0 aliphatic rings. The highest BCUT2D eigenvalue weighted by molar-refractivity contribution is 6.30. The summed E-state index contributed by atoms with van der Waals surface area (Å²) in [6, 6.07) is 12.8. The molecule has 0 bridgehead atoms. The number of ether oxygens (including phenoxy) is 1. The summed E-state index contributed by atoms with van der Waals surface area (Å²) in [5.74, 6) is 0.452. The van der Waals surface area contributed by atoms with Gasteiger partial charge in [-0.2, -0.15) is 0 Å². The minimum Gasteiger partial charge on any atom is -0.496 e. The fraction of sp³-hybridized carbons (Fsp3) is 0.250. The Labute approximate surface area is 123 Å². The second-order valence-corrected chi connectivity index (χ2v) is 4.96. The van der Waals surface area contributed by atoms with Crippen molar-refractivity contribution in [2.75, 3.05) is 7.11 Å². The molecular formula is C16H17ClFNO. The Hall–Kier alpha value is -1.58. The molecule has 4 heteroatoms. The Morgan fingerprint density at radius 2 is 1.95 bits per heavy atom. The molecule has 0 aromatic heterocycles. The molecule has 0 saturated heterocycles. The van der Waals surface area contributed by atoms with Gasteiger partial charge >= 0.3 is 0 Å².